The first-order valence-electron chi connectivity index (χ1n) is 2.83. The van der Waals surface area contributed by atoms with Crippen LogP contribution in [0.5, 0.6) is 0 Å². The van der Waals surface area contributed by atoms with Gasteiger partial charge in [0.05, 0.1) is 10.7 Å². The van der Waals surface area contributed by atoms with Crippen molar-refractivity contribution in [1.82, 2.24) is 9.97 Å². The molecule has 2 heterocycles. The molecule has 3 nitrogen and oxygen atoms in total. The Bertz CT molecular complexity index is 400. The summed E-state index contributed by atoms with van der Waals surface area (Å²) in [5.41, 5.74) is 1.29. The summed E-state index contributed by atoms with van der Waals surface area (Å²) < 4.78 is 5.82. The van der Waals surface area contributed by atoms with E-state index >= 15 is 0 Å². The number of halogens is 2. The van der Waals surface area contributed by atoms with E-state index in [4.69, 9.17) is 16.0 Å². The van der Waals surface area contributed by atoms with Crippen LogP contribution in [-0.2, 0) is 0 Å². The summed E-state index contributed by atoms with van der Waals surface area (Å²) in [6.07, 6.45) is 3.22. The van der Waals surface area contributed by atoms with Crippen molar-refractivity contribution in [1.29, 1.82) is 0 Å². The molecule has 0 aliphatic rings. The van der Waals surface area contributed by atoms with Gasteiger partial charge in [0.25, 0.3) is 5.35 Å². The van der Waals surface area contributed by atoms with Crippen molar-refractivity contribution in [3.63, 3.8) is 0 Å². The minimum Gasteiger partial charge on any atom is -0.426 e. The first kappa shape index (κ1) is 7.06. The molecule has 0 spiro atoms. The normalized spacial score (nSPS) is 10.7. The topological polar surface area (TPSA) is 38.9 Å². The Hall–Kier alpha value is -0.610. The Morgan fingerprint density at radius 2 is 2.27 bits per heavy atom. The van der Waals surface area contributed by atoms with Gasteiger partial charge in [-0.3, -0.25) is 4.98 Å². The molecule has 0 aliphatic heterocycles. The molecule has 5 heteroatoms. The van der Waals surface area contributed by atoms with Gasteiger partial charge in [-0.15, -0.1) is 0 Å². The molecule has 0 N–H and O–H groups in total. The minimum absolute atomic E-state index is 0.133. The van der Waals surface area contributed by atoms with Crippen LogP contribution in [0.25, 0.3) is 11.1 Å². The Morgan fingerprint density at radius 1 is 1.45 bits per heavy atom. The maximum Gasteiger partial charge on any atom is 0.293 e. The zero-order chi connectivity index (χ0) is 7.84. The van der Waals surface area contributed by atoms with Crippen LogP contribution < -0.4 is 0 Å². The number of pyridine rings is 1. The lowest BCUT2D eigenvalue weighted by Crippen LogP contribution is -1.72. The molecule has 0 amide bonds. The third kappa shape index (κ3) is 1.12. The van der Waals surface area contributed by atoms with Gasteiger partial charge < -0.3 is 4.42 Å². The fraction of sp³-hybridized carbons (Fsp3) is 0. The Labute approximate surface area is 75.5 Å². The van der Waals surface area contributed by atoms with Gasteiger partial charge in [0.2, 0.25) is 0 Å². The van der Waals surface area contributed by atoms with E-state index in [0.717, 1.165) is 4.47 Å². The van der Waals surface area contributed by atoms with Gasteiger partial charge in [0, 0.05) is 6.20 Å². The lowest BCUT2D eigenvalue weighted by atomic mass is 10.4. The maximum atomic E-state index is 5.53. The van der Waals surface area contributed by atoms with Crippen LogP contribution in [0.3, 0.4) is 0 Å². The zero-order valence-electron chi connectivity index (χ0n) is 5.21. The lowest BCUT2D eigenvalue weighted by Gasteiger charge is -1.86. The third-order valence-electron chi connectivity index (χ3n) is 1.23. The van der Waals surface area contributed by atoms with E-state index in [1.165, 1.54) is 0 Å². The summed E-state index contributed by atoms with van der Waals surface area (Å²) >= 11 is 8.78. The van der Waals surface area contributed by atoms with Gasteiger partial charge in [-0.2, -0.15) is 4.98 Å². The van der Waals surface area contributed by atoms with Crippen molar-refractivity contribution in [3.05, 3.63) is 22.2 Å². The number of rotatable bonds is 0. The lowest BCUT2D eigenvalue weighted by molar-refractivity contribution is 0.602. The highest BCUT2D eigenvalue weighted by Gasteiger charge is 2.05. The Kier molecular flexibility index (Phi) is 1.58. The van der Waals surface area contributed by atoms with Gasteiger partial charge >= 0.3 is 0 Å². The predicted molar refractivity (Wildman–Crippen MR) is 44.5 cm³/mol. The van der Waals surface area contributed by atoms with E-state index < -0.39 is 0 Å². The van der Waals surface area contributed by atoms with Gasteiger partial charge in [-0.1, -0.05) is 0 Å². The maximum absolute atomic E-state index is 5.53. The summed E-state index contributed by atoms with van der Waals surface area (Å²) in [6.45, 7) is 0. The second-order valence-corrected chi connectivity index (χ2v) is 3.11. The SMILES string of the molecule is Clc1nc2cncc(Br)c2o1. The number of hydrogen-bond donors (Lipinski definition) is 0. The average molecular weight is 233 g/mol. The molecule has 0 saturated carbocycles. The molecule has 0 radical (unpaired) electrons. The van der Waals surface area contributed by atoms with Crippen LogP contribution in [-0.4, -0.2) is 9.97 Å². The van der Waals surface area contributed by atoms with E-state index in [9.17, 15) is 0 Å². The molecule has 0 atom stereocenters. The fourth-order valence-corrected chi connectivity index (χ4v) is 1.37. The Morgan fingerprint density at radius 3 is 3.00 bits per heavy atom. The smallest absolute Gasteiger partial charge is 0.293 e. The molecule has 0 fully saturated rings. The number of nitrogens with zero attached hydrogens (tertiary/aromatic N) is 2. The molecule has 2 aromatic heterocycles. The quantitative estimate of drug-likeness (QED) is 0.702. The molecule has 11 heavy (non-hydrogen) atoms. The van der Waals surface area contributed by atoms with Gasteiger partial charge in [-0.05, 0) is 27.5 Å². The third-order valence-corrected chi connectivity index (χ3v) is 1.96. The van der Waals surface area contributed by atoms with Crippen LogP contribution in [0.4, 0.5) is 0 Å². The second kappa shape index (κ2) is 2.46. The molecule has 0 aromatic carbocycles. The van der Waals surface area contributed by atoms with Crippen molar-refractivity contribution in [2.45, 2.75) is 0 Å². The fourth-order valence-electron chi connectivity index (χ4n) is 0.795. The number of oxazole rings is 1. The molecule has 0 unspecified atom stereocenters. The molecule has 0 aliphatic carbocycles. The van der Waals surface area contributed by atoms with Gasteiger partial charge in [-0.25, -0.2) is 0 Å². The highest BCUT2D eigenvalue weighted by Crippen LogP contribution is 2.24. The average Bonchev–Trinajstić information content (AvgIpc) is 2.31. The molecule has 2 rings (SSSR count). The Balaban J connectivity index is 2.90. The number of aromatic nitrogens is 2. The highest BCUT2D eigenvalue weighted by molar-refractivity contribution is 9.10. The van der Waals surface area contributed by atoms with Crippen LogP contribution in [0.1, 0.15) is 0 Å². The van der Waals surface area contributed by atoms with Crippen molar-refractivity contribution in [3.8, 4) is 0 Å². The second-order valence-electron chi connectivity index (χ2n) is 1.94. The summed E-state index contributed by atoms with van der Waals surface area (Å²) in [5.74, 6) is 0. The first-order valence-corrected chi connectivity index (χ1v) is 4.00. The minimum atomic E-state index is 0.133. The van der Waals surface area contributed by atoms with E-state index in [1.54, 1.807) is 12.4 Å². The van der Waals surface area contributed by atoms with E-state index in [1.807, 2.05) is 0 Å². The van der Waals surface area contributed by atoms with Crippen molar-refractivity contribution >= 4 is 38.6 Å². The highest BCUT2D eigenvalue weighted by atomic mass is 79.9. The molecule has 0 bridgehead atoms. The van der Waals surface area contributed by atoms with E-state index in [-0.39, 0.29) is 5.35 Å². The monoisotopic (exact) mass is 232 g/mol. The largest absolute Gasteiger partial charge is 0.426 e. The van der Waals surface area contributed by atoms with Crippen molar-refractivity contribution in [2.24, 2.45) is 0 Å². The molecule has 2 aromatic rings. The molecule has 0 saturated heterocycles. The molecular weight excluding hydrogens is 231 g/mol. The predicted octanol–water partition coefficient (Wildman–Crippen LogP) is 2.64. The standard InChI is InChI=1S/C6H2BrClN2O/c7-3-1-9-2-4-5(3)11-6(8)10-4/h1-2H. The summed E-state index contributed by atoms with van der Waals surface area (Å²) in [6, 6.07) is 0. The molecular formula is C6H2BrClN2O. The van der Waals surface area contributed by atoms with Crippen LogP contribution in [0, 0.1) is 0 Å². The van der Waals surface area contributed by atoms with Crippen molar-refractivity contribution < 1.29 is 4.42 Å². The van der Waals surface area contributed by atoms with E-state index in [2.05, 4.69) is 25.9 Å². The first-order chi connectivity index (χ1) is 5.27. The van der Waals surface area contributed by atoms with Gasteiger partial charge in [0.1, 0.15) is 5.52 Å². The van der Waals surface area contributed by atoms with E-state index in [0.29, 0.717) is 11.1 Å². The summed E-state index contributed by atoms with van der Waals surface area (Å²) in [4.78, 5) is 7.78. The zero-order valence-corrected chi connectivity index (χ0v) is 7.56. The van der Waals surface area contributed by atoms with Crippen LogP contribution in [0.2, 0.25) is 5.35 Å². The van der Waals surface area contributed by atoms with Gasteiger partial charge in [0.15, 0.2) is 5.58 Å². The number of hydrogen-bond acceptors (Lipinski definition) is 3. The van der Waals surface area contributed by atoms with Crippen LogP contribution >= 0.6 is 27.5 Å². The summed E-state index contributed by atoms with van der Waals surface area (Å²) in [7, 11) is 0. The molecule has 56 valence electrons. The summed E-state index contributed by atoms with van der Waals surface area (Å²) in [5, 5.41) is 0.133. The van der Waals surface area contributed by atoms with Crippen LogP contribution in [0.15, 0.2) is 21.3 Å². The number of fused-ring (bicyclic) bond motifs is 1. The van der Waals surface area contributed by atoms with Crippen molar-refractivity contribution in [2.75, 3.05) is 0 Å².